The topological polar surface area (TPSA) is 58.2 Å². The van der Waals surface area contributed by atoms with Crippen LogP contribution in [0.25, 0.3) is 11.3 Å². The maximum absolute atomic E-state index is 14.0. The fourth-order valence-electron chi connectivity index (χ4n) is 3.83. The number of nitrogens with one attached hydrogen (secondary N) is 1. The molecule has 0 bridgehead atoms. The second kappa shape index (κ2) is 8.07. The van der Waals surface area contributed by atoms with Gasteiger partial charge in [0.15, 0.2) is 0 Å². The van der Waals surface area contributed by atoms with E-state index < -0.39 is 0 Å². The molecule has 0 aliphatic carbocycles. The normalized spacial score (nSPS) is 13.2. The molecule has 31 heavy (non-hydrogen) atoms. The Hall–Kier alpha value is -3.93. The number of hydrogen-bond donors (Lipinski definition) is 1. The molecule has 0 saturated heterocycles. The van der Waals surface area contributed by atoms with Crippen LogP contribution in [0.4, 0.5) is 4.39 Å². The molecule has 0 fully saturated rings. The standard InChI is InChI=1S/C25H20FN3O2/c26-21-12-6-4-8-17(21)15-29-16-22-20(14-24(29)30)25(28-27-22)19-11-5-7-13-23(19)31-18-9-2-1-3-10-18/h1-13H,14-16H2,(H,27,28). The number of ether oxygens (including phenoxy) is 1. The number of rotatable bonds is 5. The average molecular weight is 413 g/mol. The van der Waals surface area contributed by atoms with Gasteiger partial charge < -0.3 is 9.64 Å². The number of hydrogen-bond acceptors (Lipinski definition) is 3. The van der Waals surface area contributed by atoms with Crippen LogP contribution < -0.4 is 4.74 Å². The summed E-state index contributed by atoms with van der Waals surface area (Å²) in [6.45, 7) is 0.588. The molecule has 0 unspecified atom stereocenters. The highest BCUT2D eigenvalue weighted by Gasteiger charge is 2.29. The van der Waals surface area contributed by atoms with Crippen molar-refractivity contribution >= 4 is 5.91 Å². The Balaban J connectivity index is 1.44. The van der Waals surface area contributed by atoms with Crippen LogP contribution in [0.3, 0.4) is 0 Å². The fraction of sp³-hybridized carbons (Fsp3) is 0.120. The Bertz CT molecular complexity index is 1240. The van der Waals surface area contributed by atoms with Crippen molar-refractivity contribution < 1.29 is 13.9 Å². The first-order valence-electron chi connectivity index (χ1n) is 10.1. The number of halogens is 1. The van der Waals surface area contributed by atoms with Crippen LogP contribution in [0.5, 0.6) is 11.5 Å². The van der Waals surface area contributed by atoms with Crippen molar-refractivity contribution in [3.05, 3.63) is 102 Å². The summed E-state index contributed by atoms with van der Waals surface area (Å²) in [5, 5.41) is 7.58. The maximum atomic E-state index is 14.0. The van der Waals surface area contributed by atoms with Crippen molar-refractivity contribution in [1.82, 2.24) is 15.1 Å². The molecule has 0 saturated carbocycles. The summed E-state index contributed by atoms with van der Waals surface area (Å²) in [5.41, 5.74) is 3.75. The number of aromatic amines is 1. The molecule has 1 amide bonds. The lowest BCUT2D eigenvalue weighted by Crippen LogP contribution is -2.35. The van der Waals surface area contributed by atoms with Gasteiger partial charge in [-0.05, 0) is 30.3 Å². The van der Waals surface area contributed by atoms with E-state index in [1.165, 1.54) is 6.07 Å². The van der Waals surface area contributed by atoms with E-state index in [0.717, 1.165) is 22.6 Å². The highest BCUT2D eigenvalue weighted by Crippen LogP contribution is 2.36. The van der Waals surface area contributed by atoms with Crippen LogP contribution in [0, 0.1) is 5.82 Å². The quantitative estimate of drug-likeness (QED) is 0.496. The largest absolute Gasteiger partial charge is 0.457 e. The van der Waals surface area contributed by atoms with E-state index in [1.807, 2.05) is 54.6 Å². The number of para-hydroxylation sites is 2. The summed E-state index contributed by atoms with van der Waals surface area (Å²) in [7, 11) is 0. The van der Waals surface area contributed by atoms with E-state index in [2.05, 4.69) is 10.2 Å². The Morgan fingerprint density at radius 3 is 2.55 bits per heavy atom. The summed E-state index contributed by atoms with van der Waals surface area (Å²) in [6.07, 6.45) is 0.204. The van der Waals surface area contributed by atoms with E-state index >= 15 is 0 Å². The van der Waals surface area contributed by atoms with Crippen LogP contribution in [0.15, 0.2) is 78.9 Å². The minimum atomic E-state index is -0.307. The molecule has 6 heteroatoms. The summed E-state index contributed by atoms with van der Waals surface area (Å²) >= 11 is 0. The number of carbonyl (C=O) groups is 1. The monoisotopic (exact) mass is 413 g/mol. The van der Waals surface area contributed by atoms with Crippen LogP contribution in [-0.2, 0) is 24.3 Å². The van der Waals surface area contributed by atoms with Gasteiger partial charge in [0, 0.05) is 23.2 Å². The number of aromatic nitrogens is 2. The number of nitrogens with zero attached hydrogens (tertiary/aromatic N) is 2. The van der Waals surface area contributed by atoms with Gasteiger partial charge >= 0.3 is 0 Å². The molecule has 1 aliphatic heterocycles. The number of carbonyl (C=O) groups excluding carboxylic acids is 1. The Labute approximate surface area is 179 Å². The third kappa shape index (κ3) is 3.80. The molecule has 2 heterocycles. The zero-order valence-corrected chi connectivity index (χ0v) is 16.7. The van der Waals surface area contributed by atoms with Crippen molar-refractivity contribution in [2.45, 2.75) is 19.5 Å². The Morgan fingerprint density at radius 2 is 1.71 bits per heavy atom. The molecule has 5 rings (SSSR count). The first kappa shape index (κ1) is 19.1. The van der Waals surface area contributed by atoms with Crippen LogP contribution >= 0.6 is 0 Å². The van der Waals surface area contributed by atoms with Crippen molar-refractivity contribution in [1.29, 1.82) is 0 Å². The zero-order chi connectivity index (χ0) is 21.2. The summed E-state index contributed by atoms with van der Waals surface area (Å²) in [4.78, 5) is 14.5. The highest BCUT2D eigenvalue weighted by atomic mass is 19.1. The number of H-pyrrole nitrogens is 1. The second-order valence-corrected chi connectivity index (χ2v) is 7.46. The van der Waals surface area contributed by atoms with E-state index in [0.29, 0.717) is 23.6 Å². The predicted octanol–water partition coefficient (Wildman–Crippen LogP) is 5.09. The molecule has 1 aromatic heterocycles. The number of fused-ring (bicyclic) bond motifs is 1. The molecule has 0 radical (unpaired) electrons. The van der Waals surface area contributed by atoms with E-state index in [1.54, 1.807) is 23.1 Å². The minimum absolute atomic E-state index is 0.0557. The SMILES string of the molecule is O=C1Cc2c(-c3ccccc3Oc3ccccc3)n[nH]c2CN1Cc1ccccc1F. The molecule has 154 valence electrons. The third-order valence-corrected chi connectivity index (χ3v) is 5.41. The summed E-state index contributed by atoms with van der Waals surface area (Å²) in [5.74, 6) is 1.04. The lowest BCUT2D eigenvalue weighted by molar-refractivity contribution is -0.132. The van der Waals surface area contributed by atoms with Gasteiger partial charge in [-0.15, -0.1) is 0 Å². The molecule has 0 atom stereocenters. The third-order valence-electron chi connectivity index (χ3n) is 5.41. The minimum Gasteiger partial charge on any atom is -0.457 e. The van der Waals surface area contributed by atoms with Crippen molar-refractivity contribution in [2.75, 3.05) is 0 Å². The first-order chi connectivity index (χ1) is 15.2. The van der Waals surface area contributed by atoms with Gasteiger partial charge in [0.25, 0.3) is 0 Å². The van der Waals surface area contributed by atoms with Gasteiger partial charge in [0.1, 0.15) is 17.3 Å². The van der Waals surface area contributed by atoms with Gasteiger partial charge in [-0.3, -0.25) is 9.89 Å². The van der Waals surface area contributed by atoms with Gasteiger partial charge in [-0.1, -0.05) is 48.5 Å². The van der Waals surface area contributed by atoms with Crippen LogP contribution in [0.1, 0.15) is 16.8 Å². The lowest BCUT2D eigenvalue weighted by atomic mass is 9.98. The summed E-state index contributed by atoms with van der Waals surface area (Å²) < 4.78 is 20.1. The fourth-order valence-corrected chi connectivity index (χ4v) is 3.83. The summed E-state index contributed by atoms with van der Waals surface area (Å²) in [6, 6.07) is 23.7. The zero-order valence-electron chi connectivity index (χ0n) is 16.7. The van der Waals surface area contributed by atoms with Crippen LogP contribution in [-0.4, -0.2) is 21.0 Å². The average Bonchev–Trinajstić information content (AvgIpc) is 3.19. The van der Waals surface area contributed by atoms with Crippen LogP contribution in [0.2, 0.25) is 0 Å². The smallest absolute Gasteiger partial charge is 0.227 e. The molecule has 5 nitrogen and oxygen atoms in total. The van der Waals surface area contributed by atoms with Gasteiger partial charge in [-0.25, -0.2) is 4.39 Å². The second-order valence-electron chi connectivity index (χ2n) is 7.46. The van der Waals surface area contributed by atoms with E-state index in [-0.39, 0.29) is 24.7 Å². The Kier molecular flexibility index (Phi) is 4.96. The molecule has 4 aromatic rings. The molecular weight excluding hydrogens is 393 g/mol. The van der Waals surface area contributed by atoms with Crippen molar-refractivity contribution in [2.24, 2.45) is 0 Å². The number of amides is 1. The molecule has 0 spiro atoms. The molecule has 3 aromatic carbocycles. The highest BCUT2D eigenvalue weighted by molar-refractivity contribution is 5.84. The lowest BCUT2D eigenvalue weighted by Gasteiger charge is -2.27. The first-order valence-corrected chi connectivity index (χ1v) is 10.1. The van der Waals surface area contributed by atoms with Crippen molar-refractivity contribution in [3.8, 4) is 22.8 Å². The molecular formula is C25H20FN3O2. The van der Waals surface area contributed by atoms with E-state index in [9.17, 15) is 9.18 Å². The van der Waals surface area contributed by atoms with Crippen molar-refractivity contribution in [3.63, 3.8) is 0 Å². The van der Waals surface area contributed by atoms with Gasteiger partial charge in [0.05, 0.1) is 24.4 Å². The van der Waals surface area contributed by atoms with E-state index in [4.69, 9.17) is 4.74 Å². The number of benzene rings is 3. The van der Waals surface area contributed by atoms with Gasteiger partial charge in [-0.2, -0.15) is 5.10 Å². The Morgan fingerprint density at radius 1 is 0.968 bits per heavy atom. The predicted molar refractivity (Wildman–Crippen MR) is 115 cm³/mol. The maximum Gasteiger partial charge on any atom is 0.227 e. The molecule has 1 aliphatic rings. The van der Waals surface area contributed by atoms with Gasteiger partial charge in [0.2, 0.25) is 5.91 Å². The molecule has 1 N–H and O–H groups in total.